The zero-order valence-electron chi connectivity index (χ0n) is 60.0. The second-order valence-corrected chi connectivity index (χ2v) is 30.4. The molecular formula is C84H106Cl2N6O11. The predicted octanol–water partition coefficient (Wildman–Crippen LogP) is 17.9. The van der Waals surface area contributed by atoms with Gasteiger partial charge in [-0.05, 0) is 206 Å². The Kier molecular flexibility index (Phi) is 28.4. The minimum atomic E-state index is -1.21. The molecule has 0 bridgehead atoms. The van der Waals surface area contributed by atoms with Crippen molar-refractivity contribution in [1.82, 2.24) is 21.3 Å². The Morgan fingerprint density at radius 3 is 2.00 bits per heavy atom. The van der Waals surface area contributed by atoms with Gasteiger partial charge in [0.1, 0.15) is 30.2 Å². The molecule has 10 atom stereocenters. The Bertz CT molecular complexity index is 3780. The topological polar surface area (TPSA) is 226 Å². The first kappa shape index (κ1) is 79.0. The number of allylic oxidation sites excluding steroid dienone is 1. The summed E-state index contributed by atoms with van der Waals surface area (Å²) in [6.07, 6.45) is 17.2. The van der Waals surface area contributed by atoms with Crippen LogP contribution in [0, 0.1) is 56.5 Å². The third-order valence-corrected chi connectivity index (χ3v) is 23.4. The van der Waals surface area contributed by atoms with Crippen molar-refractivity contribution in [2.75, 3.05) is 32.1 Å². The lowest BCUT2D eigenvalue weighted by molar-refractivity contribution is -0.384. The fourth-order valence-electron chi connectivity index (χ4n) is 17.2. The normalized spacial score (nSPS) is 21.3. The van der Waals surface area contributed by atoms with Gasteiger partial charge in [0, 0.05) is 50.2 Å². The average molecular weight is 1450 g/mol. The van der Waals surface area contributed by atoms with E-state index >= 15 is 0 Å². The van der Waals surface area contributed by atoms with E-state index in [0.29, 0.717) is 66.2 Å². The third-order valence-electron chi connectivity index (χ3n) is 22.6. The number of benzene rings is 6. The van der Waals surface area contributed by atoms with E-state index in [4.69, 9.17) is 42.1 Å². The summed E-state index contributed by atoms with van der Waals surface area (Å²) >= 11 is 12.8. The van der Waals surface area contributed by atoms with Gasteiger partial charge in [0.25, 0.3) is 5.69 Å². The maximum Gasteiger partial charge on any atom is 0.514 e. The van der Waals surface area contributed by atoms with Crippen LogP contribution in [0.25, 0.3) is 0 Å². The lowest BCUT2D eigenvalue weighted by atomic mass is 9.47. The minimum absolute atomic E-state index is 0. The summed E-state index contributed by atoms with van der Waals surface area (Å²) in [5.74, 6) is 3.54. The number of halogens is 2. The number of nitrogens with one attached hydrogen (secondary N) is 5. The van der Waals surface area contributed by atoms with Crippen LogP contribution in [0.4, 0.5) is 16.2 Å². The Labute approximate surface area is 619 Å². The van der Waals surface area contributed by atoms with E-state index in [-0.39, 0.29) is 73.6 Å². The largest absolute Gasteiger partial charge is 0.514 e. The number of hydrogen-bond donors (Lipinski definition) is 5. The van der Waals surface area contributed by atoms with E-state index in [9.17, 15) is 34.1 Å². The monoisotopic (exact) mass is 1440 g/mol. The van der Waals surface area contributed by atoms with Crippen molar-refractivity contribution in [3.63, 3.8) is 0 Å². The molecule has 3 saturated carbocycles. The van der Waals surface area contributed by atoms with Crippen LogP contribution >= 0.6 is 23.2 Å². The van der Waals surface area contributed by atoms with E-state index in [1.807, 2.05) is 60.7 Å². The number of anilines is 1. The number of hydrogen-bond acceptors (Lipinski definition) is 12. The van der Waals surface area contributed by atoms with Crippen molar-refractivity contribution in [3.05, 3.63) is 211 Å². The Morgan fingerprint density at radius 2 is 1.33 bits per heavy atom. The number of amides is 4. The number of non-ortho nitro benzene ring substituents is 1. The highest BCUT2D eigenvalue weighted by Crippen LogP contribution is 2.67. The highest BCUT2D eigenvalue weighted by Gasteiger charge is 2.59. The lowest BCUT2D eigenvalue weighted by Crippen LogP contribution is -2.53. The van der Waals surface area contributed by atoms with Crippen LogP contribution in [0.5, 0.6) is 11.5 Å². The fourth-order valence-corrected chi connectivity index (χ4v) is 17.5. The van der Waals surface area contributed by atoms with Gasteiger partial charge in [-0.25, -0.2) is 4.79 Å². The molecule has 0 saturated heterocycles. The maximum absolute atomic E-state index is 14.8. The molecular weight excluding hydrogens is 1340 g/mol. The van der Waals surface area contributed by atoms with Gasteiger partial charge in [0.05, 0.1) is 33.7 Å². The van der Waals surface area contributed by atoms with Crippen LogP contribution < -0.4 is 36.1 Å². The van der Waals surface area contributed by atoms with Gasteiger partial charge in [-0.15, -0.1) is 0 Å². The molecule has 4 amide bonds. The molecule has 103 heavy (non-hydrogen) atoms. The molecule has 3 fully saturated rings. The fraction of sp³-hybridized carbons (Fsp3) is 0.488. The molecule has 0 aromatic heterocycles. The van der Waals surface area contributed by atoms with Gasteiger partial charge in [-0.3, -0.25) is 34.6 Å². The Hall–Kier alpha value is -8.09. The summed E-state index contributed by atoms with van der Waals surface area (Å²) in [6.45, 7) is 13.7. The summed E-state index contributed by atoms with van der Waals surface area (Å²) < 4.78 is 22.6. The van der Waals surface area contributed by atoms with E-state index in [0.717, 1.165) is 77.2 Å². The lowest BCUT2D eigenvalue weighted by Gasteiger charge is -2.58. The van der Waals surface area contributed by atoms with Crippen LogP contribution in [-0.2, 0) is 47.2 Å². The van der Waals surface area contributed by atoms with Crippen LogP contribution in [0.3, 0.4) is 0 Å². The number of nitro groups is 1. The van der Waals surface area contributed by atoms with Gasteiger partial charge >= 0.3 is 6.16 Å². The Morgan fingerprint density at radius 1 is 0.660 bits per heavy atom. The molecule has 4 aliphatic rings. The van der Waals surface area contributed by atoms with Crippen LogP contribution in [-0.4, -0.2) is 79.7 Å². The Balaban J connectivity index is 0.0000123. The van der Waals surface area contributed by atoms with Gasteiger partial charge in [0.2, 0.25) is 23.6 Å². The molecule has 0 spiro atoms. The van der Waals surface area contributed by atoms with Gasteiger partial charge in [-0.2, -0.15) is 0 Å². The molecule has 19 heteroatoms. The standard InChI is InChI=1S/C83H102Cl2N6O11.CH4/c1-55(2)17-15-18-56(3)69-39-40-70-68-38-29-62-53-67(44-46-81(62,4)71(68)45-47-82(69,70)5)100-50-16-48-86-76(92)42-43-77(93)89-75(52-58-26-41-72(84)73(85)51-58)79(95)90-74(78(94)88-63-30-24-57(25-31-63)54-101-80(96)102-66-36-32-64(33-37-66)91(97)98)23-13-14-49-87-83(59-19-9-7-10-20-59,60-21-11-8-12-22-60)61-27-34-65(99-6)35-28-61;/h7-12,19-22,24-37,41,51,55-56,67-71,74-75,87H,13-18,23,38-40,42-50,52-54H2,1-6H3,(H,86,92)(H,88,94)(H,89,93)(H,90,95);1H4/t56-,67+,68+,69-,70+,71+,74+,75+,81+,82-;/m1./s1. The number of unbranched alkanes of at least 4 members (excludes halogenated alkanes) is 1. The number of carbonyl (C=O) groups is 5. The number of nitro benzene ring substituents is 1. The number of rotatable bonds is 34. The molecule has 0 radical (unpaired) electrons. The molecule has 0 aliphatic heterocycles. The predicted molar refractivity (Wildman–Crippen MR) is 407 cm³/mol. The number of fused-ring (bicyclic) bond motifs is 5. The van der Waals surface area contributed by atoms with Crippen molar-refractivity contribution < 1.29 is 47.8 Å². The summed E-state index contributed by atoms with van der Waals surface area (Å²) in [5, 5.41) is 27.3. The zero-order valence-corrected chi connectivity index (χ0v) is 61.5. The molecule has 0 unspecified atom stereocenters. The van der Waals surface area contributed by atoms with Gasteiger partial charge in [-0.1, -0.05) is 187 Å². The number of nitrogens with zero attached hydrogens (tertiary/aromatic N) is 1. The maximum atomic E-state index is 14.8. The van der Waals surface area contributed by atoms with Crippen LogP contribution in [0.1, 0.15) is 179 Å². The smallest absolute Gasteiger partial charge is 0.497 e. The highest BCUT2D eigenvalue weighted by molar-refractivity contribution is 6.42. The zero-order chi connectivity index (χ0) is 72.4. The van der Waals surface area contributed by atoms with E-state index in [1.165, 1.54) is 75.6 Å². The summed E-state index contributed by atoms with van der Waals surface area (Å²) in [5.41, 5.74) is 5.88. The second kappa shape index (κ2) is 37.1. The van der Waals surface area contributed by atoms with E-state index < -0.39 is 46.4 Å². The molecule has 17 nitrogen and oxygen atoms in total. The van der Waals surface area contributed by atoms with E-state index in [2.05, 4.69) is 91.5 Å². The molecule has 4 aliphatic carbocycles. The summed E-state index contributed by atoms with van der Waals surface area (Å²) in [4.78, 5) is 79.8. The van der Waals surface area contributed by atoms with Gasteiger partial charge in [0.15, 0.2) is 0 Å². The van der Waals surface area contributed by atoms with Crippen molar-refractivity contribution in [3.8, 4) is 11.5 Å². The van der Waals surface area contributed by atoms with Crippen molar-refractivity contribution in [1.29, 1.82) is 0 Å². The van der Waals surface area contributed by atoms with Crippen LogP contribution in [0.15, 0.2) is 163 Å². The molecule has 0 heterocycles. The van der Waals surface area contributed by atoms with Crippen LogP contribution in [0.2, 0.25) is 10.0 Å². The quantitative estimate of drug-likeness (QED) is 0.00484. The SMILES string of the molecule is C.COc1ccc(C(NCCCC[C@H](NC(=O)[C@H](Cc2ccc(Cl)c(Cl)c2)NC(=O)CCC(=O)NCCCO[C@H]2CC[C@@]3(C)C(=CC[C@H]4[C@@H]5CC[C@H]([C@H](C)CCCC(C)C)[C@@]5(C)CC[C@@H]43)C2)C(=O)Nc2ccc(COC(=O)Oc3ccc([N+](=O)[O-])cc3)cc2)(c2ccccc2)c2ccccc2)cc1. The van der Waals surface area contributed by atoms with Crippen molar-refractivity contribution >= 4 is 64.4 Å². The summed E-state index contributed by atoms with van der Waals surface area (Å²) in [7, 11) is 1.63. The molecule has 6 aromatic carbocycles. The van der Waals surface area contributed by atoms with Gasteiger partial charge < -0.3 is 40.2 Å². The third kappa shape index (κ3) is 20.3. The number of ether oxygens (including phenoxy) is 4. The first-order chi connectivity index (χ1) is 49.1. The minimum Gasteiger partial charge on any atom is -0.497 e. The second-order valence-electron chi connectivity index (χ2n) is 29.6. The highest BCUT2D eigenvalue weighted by atomic mass is 35.5. The number of methoxy groups -OCH3 is 1. The first-order valence-electron chi connectivity index (χ1n) is 36.8. The molecule has 10 rings (SSSR count). The summed E-state index contributed by atoms with van der Waals surface area (Å²) in [6, 6.07) is 42.5. The van der Waals surface area contributed by atoms with E-state index in [1.54, 1.807) is 55.1 Å². The van der Waals surface area contributed by atoms with Crippen molar-refractivity contribution in [2.45, 2.75) is 188 Å². The first-order valence-corrected chi connectivity index (χ1v) is 37.5. The van der Waals surface area contributed by atoms with Crippen molar-refractivity contribution in [2.24, 2.45) is 46.3 Å². The molecule has 552 valence electrons. The average Bonchev–Trinajstić information content (AvgIpc) is 1.67. The molecule has 5 N–H and O–H groups in total. The number of carbonyl (C=O) groups excluding carboxylic acids is 5. The molecule has 6 aromatic rings.